The minimum atomic E-state index is 0.516. The molecule has 1 aromatic rings. The van der Waals surface area contributed by atoms with E-state index in [4.69, 9.17) is 11.6 Å². The van der Waals surface area contributed by atoms with Crippen molar-refractivity contribution in [2.24, 2.45) is 0 Å². The lowest BCUT2D eigenvalue weighted by atomic mass is 10.1. The molecule has 0 heterocycles. The normalized spacial score (nSPS) is 12.5. The van der Waals surface area contributed by atoms with Gasteiger partial charge < -0.3 is 10.2 Å². The number of halogens is 1. The summed E-state index contributed by atoms with van der Waals surface area (Å²) in [5.41, 5.74) is 2.50. The molecular weight excluding hydrogens is 252 g/mol. The smallest absolute Gasteiger partial charge is 0.0412 e. The van der Waals surface area contributed by atoms with Gasteiger partial charge in [-0.3, -0.25) is 0 Å². The van der Waals surface area contributed by atoms with E-state index in [1.165, 1.54) is 11.3 Å². The lowest BCUT2D eigenvalue weighted by molar-refractivity contribution is 0.748. The highest BCUT2D eigenvalue weighted by atomic mass is 35.5. The molecule has 0 fully saturated rings. The quantitative estimate of drug-likeness (QED) is 0.856. The zero-order valence-corrected chi connectivity index (χ0v) is 12.5. The van der Waals surface area contributed by atoms with Gasteiger partial charge in [-0.2, -0.15) is 11.8 Å². The highest BCUT2D eigenvalue weighted by molar-refractivity contribution is 7.98. The Hall–Kier alpha value is -0.380. The van der Waals surface area contributed by atoms with E-state index in [-0.39, 0.29) is 0 Å². The molecule has 1 unspecified atom stereocenters. The third-order valence-electron chi connectivity index (χ3n) is 2.86. The molecule has 0 spiro atoms. The van der Waals surface area contributed by atoms with Crippen LogP contribution in [0.25, 0.3) is 0 Å². The molecule has 1 rings (SSSR count). The minimum absolute atomic E-state index is 0.516. The molecule has 96 valence electrons. The molecule has 2 nitrogen and oxygen atoms in total. The minimum Gasteiger partial charge on any atom is -0.371 e. The maximum atomic E-state index is 6.05. The first-order valence-electron chi connectivity index (χ1n) is 5.75. The summed E-state index contributed by atoms with van der Waals surface area (Å²) in [6.45, 7) is 3.08. The maximum absolute atomic E-state index is 6.05. The van der Waals surface area contributed by atoms with Crippen molar-refractivity contribution < 1.29 is 0 Å². The number of benzene rings is 1. The van der Waals surface area contributed by atoms with Gasteiger partial charge in [-0.05, 0) is 44.0 Å². The van der Waals surface area contributed by atoms with Crippen LogP contribution in [0.4, 0.5) is 5.69 Å². The van der Waals surface area contributed by atoms with Gasteiger partial charge in [-0.15, -0.1) is 0 Å². The van der Waals surface area contributed by atoms with Crippen molar-refractivity contribution in [1.82, 2.24) is 5.32 Å². The Morgan fingerprint density at radius 2 is 2.18 bits per heavy atom. The fourth-order valence-electron chi connectivity index (χ4n) is 1.82. The molecule has 0 radical (unpaired) electrons. The molecule has 0 amide bonds. The highest BCUT2D eigenvalue weighted by Gasteiger charge is 2.13. The summed E-state index contributed by atoms with van der Waals surface area (Å²) < 4.78 is 0. The Morgan fingerprint density at radius 3 is 2.76 bits per heavy atom. The number of thioether (sulfide) groups is 1. The van der Waals surface area contributed by atoms with Crippen LogP contribution < -0.4 is 10.2 Å². The Balaban J connectivity index is 2.94. The van der Waals surface area contributed by atoms with E-state index in [9.17, 15) is 0 Å². The predicted octanol–water partition coefficient (Wildman–Crippen LogP) is 3.25. The zero-order valence-electron chi connectivity index (χ0n) is 11.0. The average molecular weight is 273 g/mol. The molecule has 0 aromatic heterocycles. The second-order valence-corrected chi connectivity index (χ2v) is 5.57. The van der Waals surface area contributed by atoms with Crippen LogP contribution in [-0.4, -0.2) is 32.1 Å². The molecule has 0 aliphatic rings. The fourth-order valence-corrected chi connectivity index (χ4v) is 2.72. The molecule has 4 heteroatoms. The second-order valence-electron chi connectivity index (χ2n) is 4.22. The number of nitrogens with zero attached hydrogens (tertiary/aromatic N) is 1. The molecular formula is C13H21ClN2S. The van der Waals surface area contributed by atoms with Gasteiger partial charge in [-0.25, -0.2) is 0 Å². The van der Waals surface area contributed by atoms with Crippen LogP contribution in [0, 0.1) is 0 Å². The standard InChI is InChI=1S/C13H21ClN2S/c1-10(9-17-4)16(3)13-6-5-12(14)7-11(13)8-15-2/h5-7,10,15H,8-9H2,1-4H3. The molecule has 1 atom stereocenters. The van der Waals surface area contributed by atoms with E-state index in [0.29, 0.717) is 6.04 Å². The van der Waals surface area contributed by atoms with E-state index in [1.807, 2.05) is 30.9 Å². The van der Waals surface area contributed by atoms with Crippen LogP contribution in [-0.2, 0) is 6.54 Å². The van der Waals surface area contributed by atoms with Crippen molar-refractivity contribution in [3.8, 4) is 0 Å². The van der Waals surface area contributed by atoms with E-state index in [2.05, 4.69) is 36.5 Å². The fraction of sp³-hybridized carbons (Fsp3) is 0.538. The summed E-state index contributed by atoms with van der Waals surface area (Å²) >= 11 is 7.92. The van der Waals surface area contributed by atoms with Crippen molar-refractivity contribution >= 4 is 29.1 Å². The SMILES string of the molecule is CNCc1cc(Cl)ccc1N(C)C(C)CSC. The Kier molecular flexibility index (Phi) is 6.17. The van der Waals surface area contributed by atoms with E-state index >= 15 is 0 Å². The largest absolute Gasteiger partial charge is 0.371 e. The third kappa shape index (κ3) is 4.09. The van der Waals surface area contributed by atoms with E-state index in [0.717, 1.165) is 17.3 Å². The lowest BCUT2D eigenvalue weighted by Gasteiger charge is -2.28. The Morgan fingerprint density at radius 1 is 1.47 bits per heavy atom. The zero-order chi connectivity index (χ0) is 12.8. The summed E-state index contributed by atoms with van der Waals surface area (Å²) in [6, 6.07) is 6.61. The van der Waals surface area contributed by atoms with Gasteiger partial charge in [0.05, 0.1) is 0 Å². The van der Waals surface area contributed by atoms with Crippen molar-refractivity contribution in [2.45, 2.75) is 19.5 Å². The molecule has 1 aromatic carbocycles. The maximum Gasteiger partial charge on any atom is 0.0412 e. The van der Waals surface area contributed by atoms with E-state index in [1.54, 1.807) is 0 Å². The monoisotopic (exact) mass is 272 g/mol. The van der Waals surface area contributed by atoms with Gasteiger partial charge in [0.2, 0.25) is 0 Å². The van der Waals surface area contributed by atoms with Gasteiger partial charge in [0.1, 0.15) is 0 Å². The van der Waals surface area contributed by atoms with Crippen molar-refractivity contribution in [3.63, 3.8) is 0 Å². The molecule has 0 aliphatic carbocycles. The van der Waals surface area contributed by atoms with Gasteiger partial charge in [-0.1, -0.05) is 11.6 Å². The van der Waals surface area contributed by atoms with Crippen LogP contribution in [0.5, 0.6) is 0 Å². The van der Waals surface area contributed by atoms with Crippen molar-refractivity contribution in [3.05, 3.63) is 28.8 Å². The van der Waals surface area contributed by atoms with Crippen LogP contribution >= 0.6 is 23.4 Å². The lowest BCUT2D eigenvalue weighted by Crippen LogP contribution is -2.32. The van der Waals surface area contributed by atoms with Gasteiger partial charge in [0.25, 0.3) is 0 Å². The molecule has 0 saturated carbocycles. The second kappa shape index (κ2) is 7.14. The number of hydrogen-bond donors (Lipinski definition) is 1. The van der Waals surface area contributed by atoms with Gasteiger partial charge in [0.15, 0.2) is 0 Å². The molecule has 0 saturated heterocycles. The van der Waals surface area contributed by atoms with Crippen molar-refractivity contribution in [2.75, 3.05) is 31.0 Å². The summed E-state index contributed by atoms with van der Waals surface area (Å²) in [6.07, 6.45) is 2.14. The van der Waals surface area contributed by atoms with Crippen molar-refractivity contribution in [1.29, 1.82) is 0 Å². The topological polar surface area (TPSA) is 15.3 Å². The first-order valence-corrected chi connectivity index (χ1v) is 7.52. The first-order chi connectivity index (χ1) is 8.10. The molecule has 0 aliphatic heterocycles. The third-order valence-corrected chi connectivity index (χ3v) is 3.91. The Labute approximate surface area is 114 Å². The molecule has 17 heavy (non-hydrogen) atoms. The van der Waals surface area contributed by atoms with Crippen LogP contribution in [0.2, 0.25) is 5.02 Å². The highest BCUT2D eigenvalue weighted by Crippen LogP contribution is 2.25. The Bertz CT molecular complexity index is 357. The summed E-state index contributed by atoms with van der Waals surface area (Å²) in [4.78, 5) is 2.32. The van der Waals surface area contributed by atoms with Gasteiger partial charge >= 0.3 is 0 Å². The summed E-state index contributed by atoms with van der Waals surface area (Å²) in [5.74, 6) is 1.12. The molecule has 1 N–H and O–H groups in total. The number of hydrogen-bond acceptors (Lipinski definition) is 3. The molecule has 0 bridgehead atoms. The van der Waals surface area contributed by atoms with Gasteiger partial charge in [0, 0.05) is 36.1 Å². The van der Waals surface area contributed by atoms with Crippen LogP contribution in [0.3, 0.4) is 0 Å². The number of nitrogens with one attached hydrogen (secondary N) is 1. The first kappa shape index (κ1) is 14.7. The number of rotatable bonds is 6. The van der Waals surface area contributed by atoms with Crippen LogP contribution in [0.1, 0.15) is 12.5 Å². The predicted molar refractivity (Wildman–Crippen MR) is 80.5 cm³/mol. The van der Waals surface area contributed by atoms with Crippen LogP contribution in [0.15, 0.2) is 18.2 Å². The average Bonchev–Trinajstić information content (AvgIpc) is 2.29. The number of anilines is 1. The summed E-state index contributed by atoms with van der Waals surface area (Å²) in [7, 11) is 4.10. The van der Waals surface area contributed by atoms with E-state index < -0.39 is 0 Å². The summed E-state index contributed by atoms with van der Waals surface area (Å²) in [5, 5.41) is 3.98.